The van der Waals surface area contributed by atoms with Gasteiger partial charge in [0.25, 0.3) is 0 Å². The molecule has 0 saturated carbocycles. The Hall–Kier alpha value is -2.89. The molecule has 1 amide bonds. The highest BCUT2D eigenvalue weighted by Crippen LogP contribution is 2.36. The number of ether oxygens (including phenoxy) is 1. The van der Waals surface area contributed by atoms with Crippen molar-refractivity contribution in [1.29, 1.82) is 0 Å². The van der Waals surface area contributed by atoms with Gasteiger partial charge in [0.05, 0.1) is 18.2 Å². The first-order valence-electron chi connectivity index (χ1n) is 8.68. The summed E-state index contributed by atoms with van der Waals surface area (Å²) in [4.78, 5) is 26.4. The lowest BCUT2D eigenvalue weighted by Crippen LogP contribution is -2.43. The van der Waals surface area contributed by atoms with E-state index in [0.29, 0.717) is 12.8 Å². The molecule has 1 saturated heterocycles. The zero-order valence-corrected chi connectivity index (χ0v) is 15.0. The molecule has 0 aliphatic carbocycles. The molecule has 0 radical (unpaired) electrons. The van der Waals surface area contributed by atoms with Crippen LogP contribution in [-0.4, -0.2) is 40.2 Å². The van der Waals surface area contributed by atoms with Gasteiger partial charge in [0.1, 0.15) is 6.61 Å². The Bertz CT molecular complexity index is 798. The minimum absolute atomic E-state index is 0.0341. The standard InChI is InChI=1S/C20H23N3O3/c1-22-14-16(13-21-22)19-17(10-11-18(24)23(19)2)20(25)26-12-6-9-15-7-4-3-5-8-15/h3-9,13-14,17,19H,10-12H2,1-2H3/b9-6+. The molecule has 1 aromatic heterocycles. The largest absolute Gasteiger partial charge is 0.461 e. The van der Waals surface area contributed by atoms with Crippen molar-refractivity contribution in [1.82, 2.24) is 14.7 Å². The van der Waals surface area contributed by atoms with E-state index < -0.39 is 0 Å². The zero-order chi connectivity index (χ0) is 18.5. The second-order valence-electron chi connectivity index (χ2n) is 6.49. The molecule has 1 fully saturated rings. The van der Waals surface area contributed by atoms with Crippen LogP contribution >= 0.6 is 0 Å². The summed E-state index contributed by atoms with van der Waals surface area (Å²) in [5, 5.41) is 4.17. The van der Waals surface area contributed by atoms with Gasteiger partial charge in [0, 0.05) is 32.3 Å². The Morgan fingerprint density at radius 2 is 2.08 bits per heavy atom. The highest BCUT2D eigenvalue weighted by atomic mass is 16.5. The molecule has 1 aliphatic rings. The summed E-state index contributed by atoms with van der Waals surface area (Å²) < 4.78 is 7.13. The van der Waals surface area contributed by atoms with E-state index in [4.69, 9.17) is 4.74 Å². The number of amides is 1. The Kier molecular flexibility index (Phi) is 5.51. The lowest BCUT2D eigenvalue weighted by Gasteiger charge is -2.37. The molecule has 136 valence electrons. The van der Waals surface area contributed by atoms with Gasteiger partial charge in [-0.05, 0) is 18.1 Å². The molecule has 2 atom stereocenters. The monoisotopic (exact) mass is 353 g/mol. The number of piperidine rings is 1. The summed E-state index contributed by atoms with van der Waals surface area (Å²) in [7, 11) is 3.55. The Morgan fingerprint density at radius 1 is 1.31 bits per heavy atom. The number of carbonyl (C=O) groups is 2. The maximum Gasteiger partial charge on any atom is 0.311 e. The first-order valence-corrected chi connectivity index (χ1v) is 8.68. The van der Waals surface area contributed by atoms with Gasteiger partial charge in [-0.1, -0.05) is 36.4 Å². The molecule has 1 aliphatic heterocycles. The molecule has 0 N–H and O–H groups in total. The van der Waals surface area contributed by atoms with E-state index >= 15 is 0 Å². The molecule has 2 heterocycles. The molecular weight excluding hydrogens is 330 g/mol. The van der Waals surface area contributed by atoms with Crippen molar-refractivity contribution >= 4 is 18.0 Å². The number of aromatic nitrogens is 2. The third kappa shape index (κ3) is 4.02. The van der Waals surface area contributed by atoms with E-state index in [1.807, 2.05) is 55.7 Å². The van der Waals surface area contributed by atoms with Gasteiger partial charge in [-0.2, -0.15) is 5.10 Å². The van der Waals surface area contributed by atoms with E-state index in [0.717, 1.165) is 11.1 Å². The van der Waals surface area contributed by atoms with Crippen LogP contribution in [-0.2, 0) is 21.4 Å². The fourth-order valence-electron chi connectivity index (χ4n) is 3.32. The maximum absolute atomic E-state index is 12.6. The van der Waals surface area contributed by atoms with Crippen molar-refractivity contribution < 1.29 is 14.3 Å². The van der Waals surface area contributed by atoms with Crippen molar-refractivity contribution in [3.05, 3.63) is 59.9 Å². The third-order valence-corrected chi connectivity index (χ3v) is 4.66. The summed E-state index contributed by atoms with van der Waals surface area (Å²) in [6.07, 6.45) is 8.13. The van der Waals surface area contributed by atoms with Crippen LogP contribution in [0, 0.1) is 5.92 Å². The number of rotatable bonds is 5. The van der Waals surface area contributed by atoms with Gasteiger partial charge in [-0.25, -0.2) is 0 Å². The maximum atomic E-state index is 12.6. The van der Waals surface area contributed by atoms with Crippen LogP contribution in [0.3, 0.4) is 0 Å². The van der Waals surface area contributed by atoms with E-state index in [1.54, 1.807) is 22.8 Å². The van der Waals surface area contributed by atoms with E-state index in [-0.39, 0.29) is 30.4 Å². The van der Waals surface area contributed by atoms with Crippen molar-refractivity contribution in [2.24, 2.45) is 13.0 Å². The van der Waals surface area contributed by atoms with Gasteiger partial charge in [-0.3, -0.25) is 14.3 Å². The molecule has 0 spiro atoms. The molecule has 6 heteroatoms. The summed E-state index contributed by atoms with van der Waals surface area (Å²) in [5.41, 5.74) is 1.91. The number of carbonyl (C=O) groups excluding carboxylic acids is 2. The number of benzene rings is 1. The SMILES string of the molecule is CN1C(=O)CCC(C(=O)OC/C=C/c2ccccc2)C1c1cnn(C)c1. The number of likely N-dealkylation sites (tertiary alicyclic amines) is 1. The summed E-state index contributed by atoms with van der Waals surface area (Å²) in [5.74, 6) is -0.630. The zero-order valence-electron chi connectivity index (χ0n) is 15.0. The average Bonchev–Trinajstić information content (AvgIpc) is 3.07. The second-order valence-corrected chi connectivity index (χ2v) is 6.49. The number of aryl methyl sites for hydroxylation is 1. The highest BCUT2D eigenvalue weighted by Gasteiger charge is 2.40. The highest BCUT2D eigenvalue weighted by molar-refractivity contribution is 5.82. The Labute approximate surface area is 153 Å². The lowest BCUT2D eigenvalue weighted by atomic mass is 9.86. The molecule has 3 rings (SSSR count). The first-order chi connectivity index (χ1) is 12.6. The number of hydrogen-bond acceptors (Lipinski definition) is 4. The summed E-state index contributed by atoms with van der Waals surface area (Å²) in [6, 6.07) is 9.50. The molecule has 2 aromatic rings. The quantitative estimate of drug-likeness (QED) is 0.775. The van der Waals surface area contributed by atoms with Crippen LogP contribution in [0.5, 0.6) is 0 Å². The van der Waals surface area contributed by atoms with E-state index in [2.05, 4.69) is 5.10 Å². The Balaban J connectivity index is 1.66. The van der Waals surface area contributed by atoms with Crippen molar-refractivity contribution in [3.8, 4) is 0 Å². The molecule has 1 aromatic carbocycles. The average molecular weight is 353 g/mol. The minimum atomic E-state index is -0.382. The van der Waals surface area contributed by atoms with Crippen LogP contribution in [0.25, 0.3) is 6.08 Å². The van der Waals surface area contributed by atoms with Crippen LogP contribution in [0.1, 0.15) is 30.0 Å². The summed E-state index contributed by atoms with van der Waals surface area (Å²) >= 11 is 0. The van der Waals surface area contributed by atoms with Gasteiger partial charge in [0.15, 0.2) is 0 Å². The predicted molar refractivity (Wildman–Crippen MR) is 97.9 cm³/mol. The van der Waals surface area contributed by atoms with Crippen molar-refractivity contribution in [2.75, 3.05) is 13.7 Å². The number of nitrogens with zero attached hydrogens (tertiary/aromatic N) is 3. The van der Waals surface area contributed by atoms with Crippen LogP contribution in [0.4, 0.5) is 0 Å². The molecule has 6 nitrogen and oxygen atoms in total. The van der Waals surface area contributed by atoms with Gasteiger partial charge in [-0.15, -0.1) is 0 Å². The molecule has 26 heavy (non-hydrogen) atoms. The fourth-order valence-corrected chi connectivity index (χ4v) is 3.32. The van der Waals surface area contributed by atoms with E-state index in [9.17, 15) is 9.59 Å². The van der Waals surface area contributed by atoms with Gasteiger partial charge in [0.2, 0.25) is 5.91 Å². The minimum Gasteiger partial charge on any atom is -0.461 e. The predicted octanol–water partition coefficient (Wildman–Crippen LogP) is 2.59. The number of esters is 1. The smallest absolute Gasteiger partial charge is 0.311 e. The van der Waals surface area contributed by atoms with Crippen LogP contribution < -0.4 is 0 Å². The van der Waals surface area contributed by atoms with Gasteiger partial charge < -0.3 is 9.64 Å². The normalized spacial score (nSPS) is 20.5. The second kappa shape index (κ2) is 7.99. The first kappa shape index (κ1) is 17.9. The fraction of sp³-hybridized carbons (Fsp3) is 0.350. The van der Waals surface area contributed by atoms with Crippen molar-refractivity contribution in [2.45, 2.75) is 18.9 Å². The van der Waals surface area contributed by atoms with Gasteiger partial charge >= 0.3 is 5.97 Å². The summed E-state index contributed by atoms with van der Waals surface area (Å²) in [6.45, 7) is 0.210. The van der Waals surface area contributed by atoms with Crippen molar-refractivity contribution in [3.63, 3.8) is 0 Å². The van der Waals surface area contributed by atoms with Crippen LogP contribution in [0.15, 0.2) is 48.8 Å². The molecule has 2 unspecified atom stereocenters. The topological polar surface area (TPSA) is 64.4 Å². The number of hydrogen-bond donors (Lipinski definition) is 0. The Morgan fingerprint density at radius 3 is 2.77 bits per heavy atom. The van der Waals surface area contributed by atoms with E-state index in [1.165, 1.54) is 0 Å². The molecular formula is C20H23N3O3. The van der Waals surface area contributed by atoms with Crippen LogP contribution in [0.2, 0.25) is 0 Å². The lowest BCUT2D eigenvalue weighted by molar-refractivity contribution is -0.155. The third-order valence-electron chi connectivity index (χ3n) is 4.66. The molecule has 0 bridgehead atoms.